The summed E-state index contributed by atoms with van der Waals surface area (Å²) in [6.07, 6.45) is -0.464. The lowest BCUT2D eigenvalue weighted by molar-refractivity contribution is -0.00486. The molecular weight excluding hydrogens is 416 g/mol. The molecule has 3 heterocycles. The van der Waals surface area contributed by atoms with Crippen LogP contribution >= 0.6 is 0 Å². The Morgan fingerprint density at radius 1 is 1.03 bits per heavy atom. The van der Waals surface area contributed by atoms with Crippen molar-refractivity contribution >= 4 is 21.7 Å². The summed E-state index contributed by atoms with van der Waals surface area (Å²) in [6.45, 7) is 2.69. The van der Waals surface area contributed by atoms with Gasteiger partial charge in [0.15, 0.2) is 0 Å². The highest BCUT2D eigenvalue weighted by molar-refractivity contribution is 7.89. The zero-order valence-corrected chi connectivity index (χ0v) is 18.2. The van der Waals surface area contributed by atoms with Crippen molar-refractivity contribution in [1.29, 1.82) is 0 Å². The number of nitrogens with zero attached hydrogens (tertiary/aromatic N) is 3. The van der Waals surface area contributed by atoms with Crippen molar-refractivity contribution in [3.05, 3.63) is 72.1 Å². The summed E-state index contributed by atoms with van der Waals surface area (Å²) >= 11 is 0. The Morgan fingerprint density at radius 3 is 2.45 bits per heavy atom. The zero-order chi connectivity index (χ0) is 21.8. The first-order chi connectivity index (χ1) is 15.0. The molecule has 0 radical (unpaired) electrons. The van der Waals surface area contributed by atoms with Gasteiger partial charge in [-0.15, -0.1) is 0 Å². The number of ether oxygens (including phenoxy) is 2. The molecule has 1 unspecified atom stereocenters. The van der Waals surface area contributed by atoms with Gasteiger partial charge in [-0.3, -0.25) is 0 Å². The fourth-order valence-corrected chi connectivity index (χ4v) is 4.79. The third-order valence-corrected chi connectivity index (χ3v) is 6.85. The van der Waals surface area contributed by atoms with Crippen LogP contribution in [0, 0.1) is 6.92 Å². The molecule has 162 valence electrons. The number of hydrogen-bond donors (Lipinski definition) is 1. The van der Waals surface area contributed by atoms with Crippen LogP contribution in [0.15, 0.2) is 65.6 Å². The topological polar surface area (TPSA) is 93.7 Å². The number of benzene rings is 1. The van der Waals surface area contributed by atoms with E-state index in [0.29, 0.717) is 29.7 Å². The summed E-state index contributed by atoms with van der Waals surface area (Å²) in [5.74, 6) is 1.92. The van der Waals surface area contributed by atoms with Crippen molar-refractivity contribution in [2.75, 3.05) is 32.1 Å². The van der Waals surface area contributed by atoms with Crippen molar-refractivity contribution in [2.45, 2.75) is 17.9 Å². The van der Waals surface area contributed by atoms with Crippen LogP contribution in [0.25, 0.3) is 0 Å². The second-order valence-corrected chi connectivity index (χ2v) is 9.07. The molecule has 3 aromatic rings. The number of aromatic nitrogens is 2. The molecule has 1 fully saturated rings. The molecule has 1 aliphatic heterocycles. The first-order valence-electron chi connectivity index (χ1n) is 9.89. The van der Waals surface area contributed by atoms with E-state index in [-0.39, 0.29) is 18.0 Å². The van der Waals surface area contributed by atoms with Crippen LogP contribution in [0.3, 0.4) is 0 Å². The number of anilines is 2. The zero-order valence-electron chi connectivity index (χ0n) is 17.4. The number of pyridine rings is 2. The van der Waals surface area contributed by atoms with Crippen molar-refractivity contribution in [2.24, 2.45) is 0 Å². The maximum Gasteiger partial charge on any atom is 0.243 e. The smallest absolute Gasteiger partial charge is 0.243 e. The lowest BCUT2D eigenvalue weighted by Gasteiger charge is -2.32. The molecule has 0 saturated carbocycles. The number of sulfonamides is 1. The van der Waals surface area contributed by atoms with Gasteiger partial charge in [0.05, 0.1) is 24.3 Å². The minimum absolute atomic E-state index is 0.188. The molecule has 1 aromatic carbocycles. The van der Waals surface area contributed by atoms with Gasteiger partial charge in [0.1, 0.15) is 23.5 Å². The van der Waals surface area contributed by atoms with Crippen LogP contribution in [0.2, 0.25) is 0 Å². The second kappa shape index (κ2) is 9.01. The maximum atomic E-state index is 13.1. The van der Waals surface area contributed by atoms with E-state index in [1.54, 1.807) is 31.4 Å². The van der Waals surface area contributed by atoms with Gasteiger partial charge < -0.3 is 14.8 Å². The normalized spacial score (nSPS) is 17.3. The Kier molecular flexibility index (Phi) is 6.17. The number of nitrogens with one attached hydrogen (secondary N) is 1. The van der Waals surface area contributed by atoms with Crippen molar-refractivity contribution < 1.29 is 17.9 Å². The Morgan fingerprint density at radius 2 is 1.74 bits per heavy atom. The quantitative estimate of drug-likeness (QED) is 0.629. The molecule has 1 atom stereocenters. The van der Waals surface area contributed by atoms with E-state index in [1.807, 2.05) is 43.3 Å². The lowest BCUT2D eigenvalue weighted by Crippen LogP contribution is -2.42. The summed E-state index contributed by atoms with van der Waals surface area (Å²) in [6, 6.07) is 17.6. The Labute approximate surface area is 181 Å². The molecule has 0 spiro atoms. The van der Waals surface area contributed by atoms with Crippen molar-refractivity contribution in [1.82, 2.24) is 14.3 Å². The van der Waals surface area contributed by atoms with Crippen molar-refractivity contribution in [3.8, 4) is 5.75 Å². The molecule has 0 amide bonds. The van der Waals surface area contributed by atoms with Crippen LogP contribution in [0.5, 0.6) is 5.75 Å². The summed E-state index contributed by atoms with van der Waals surface area (Å²) in [5.41, 5.74) is 1.56. The Bertz CT molecular complexity index is 1150. The van der Waals surface area contributed by atoms with Gasteiger partial charge in [0.2, 0.25) is 10.0 Å². The van der Waals surface area contributed by atoms with E-state index < -0.39 is 16.1 Å². The highest BCUT2D eigenvalue weighted by atomic mass is 32.2. The van der Waals surface area contributed by atoms with E-state index in [1.165, 1.54) is 4.31 Å². The van der Waals surface area contributed by atoms with E-state index in [9.17, 15) is 8.42 Å². The molecule has 0 bridgehead atoms. The Balaban J connectivity index is 1.51. The van der Waals surface area contributed by atoms with Gasteiger partial charge in [-0.05, 0) is 55.5 Å². The highest BCUT2D eigenvalue weighted by Gasteiger charge is 2.32. The highest BCUT2D eigenvalue weighted by Crippen LogP contribution is 2.27. The number of hydrogen-bond acceptors (Lipinski definition) is 7. The first kappa shape index (κ1) is 21.2. The third-order valence-electron chi connectivity index (χ3n) is 4.97. The monoisotopic (exact) mass is 440 g/mol. The SMILES string of the molecule is COc1ccc(S(=O)(=O)N2CCOC(c3cccc(Nc4cccc(C)n4)n3)C2)cc1. The van der Waals surface area contributed by atoms with Crippen LogP contribution in [0.1, 0.15) is 17.5 Å². The fraction of sp³-hybridized carbons (Fsp3) is 0.273. The summed E-state index contributed by atoms with van der Waals surface area (Å²) < 4.78 is 38.6. The van der Waals surface area contributed by atoms with E-state index in [0.717, 1.165) is 5.69 Å². The molecule has 2 aromatic heterocycles. The van der Waals surface area contributed by atoms with Gasteiger partial charge in [-0.25, -0.2) is 18.4 Å². The van der Waals surface area contributed by atoms with Crippen LogP contribution in [-0.4, -0.2) is 49.5 Å². The molecule has 9 heteroatoms. The minimum atomic E-state index is -3.65. The summed E-state index contributed by atoms with van der Waals surface area (Å²) in [7, 11) is -2.10. The number of morpholine rings is 1. The van der Waals surface area contributed by atoms with E-state index in [2.05, 4.69) is 15.3 Å². The van der Waals surface area contributed by atoms with Gasteiger partial charge >= 0.3 is 0 Å². The maximum absolute atomic E-state index is 13.1. The largest absolute Gasteiger partial charge is 0.497 e. The molecule has 1 N–H and O–H groups in total. The molecular formula is C22H24N4O4S. The number of aryl methyl sites for hydroxylation is 1. The standard InChI is InChI=1S/C22H24N4O4S/c1-16-5-3-7-21(23-16)25-22-8-4-6-19(24-22)20-15-26(13-14-30-20)31(27,28)18-11-9-17(29-2)10-12-18/h3-12,20H,13-15H2,1-2H3,(H,23,24,25). The molecule has 4 rings (SSSR count). The fourth-order valence-electron chi connectivity index (χ4n) is 3.36. The number of methoxy groups -OCH3 is 1. The van der Waals surface area contributed by atoms with E-state index in [4.69, 9.17) is 9.47 Å². The summed E-state index contributed by atoms with van der Waals surface area (Å²) in [5, 5.41) is 3.18. The van der Waals surface area contributed by atoms with Crippen LogP contribution in [0.4, 0.5) is 11.6 Å². The van der Waals surface area contributed by atoms with Gasteiger partial charge in [0.25, 0.3) is 0 Å². The van der Waals surface area contributed by atoms with Crippen LogP contribution < -0.4 is 10.1 Å². The predicted octanol–water partition coefficient (Wildman–Crippen LogP) is 3.30. The van der Waals surface area contributed by atoms with Gasteiger partial charge in [-0.1, -0.05) is 12.1 Å². The lowest BCUT2D eigenvalue weighted by atomic mass is 10.2. The molecule has 0 aliphatic carbocycles. The molecule has 1 saturated heterocycles. The van der Waals surface area contributed by atoms with Crippen molar-refractivity contribution in [3.63, 3.8) is 0 Å². The van der Waals surface area contributed by atoms with Gasteiger partial charge in [-0.2, -0.15) is 4.31 Å². The molecule has 8 nitrogen and oxygen atoms in total. The second-order valence-electron chi connectivity index (χ2n) is 7.13. The predicted molar refractivity (Wildman–Crippen MR) is 117 cm³/mol. The van der Waals surface area contributed by atoms with Gasteiger partial charge in [0, 0.05) is 18.8 Å². The molecule has 1 aliphatic rings. The minimum Gasteiger partial charge on any atom is -0.497 e. The number of rotatable bonds is 6. The summed E-state index contributed by atoms with van der Waals surface area (Å²) in [4.78, 5) is 9.27. The van der Waals surface area contributed by atoms with E-state index >= 15 is 0 Å². The first-order valence-corrected chi connectivity index (χ1v) is 11.3. The average molecular weight is 441 g/mol. The Hall–Kier alpha value is -3.01. The third kappa shape index (κ3) is 4.84. The molecule has 31 heavy (non-hydrogen) atoms. The average Bonchev–Trinajstić information content (AvgIpc) is 2.79. The van der Waals surface area contributed by atoms with Crippen LogP contribution in [-0.2, 0) is 14.8 Å².